The van der Waals surface area contributed by atoms with Gasteiger partial charge in [0.2, 0.25) is 0 Å². The summed E-state index contributed by atoms with van der Waals surface area (Å²) in [5.74, 6) is -0.672. The molecule has 3 rings (SSSR count). The maximum atomic E-state index is 12.8. The molecule has 152 valence electrons. The predicted molar refractivity (Wildman–Crippen MR) is 113 cm³/mol. The monoisotopic (exact) mass is 420 g/mol. The van der Waals surface area contributed by atoms with E-state index < -0.39 is 16.0 Å². The van der Waals surface area contributed by atoms with Crippen LogP contribution in [-0.2, 0) is 21.4 Å². The molecule has 0 aliphatic heterocycles. The largest absolute Gasteiger partial charge is 0.457 e. The second-order valence-electron chi connectivity index (χ2n) is 6.80. The Morgan fingerprint density at radius 2 is 1.73 bits per heavy atom. The highest BCUT2D eigenvalue weighted by Crippen LogP contribution is 2.22. The van der Waals surface area contributed by atoms with Gasteiger partial charge in [-0.3, -0.25) is 4.72 Å². The Morgan fingerprint density at radius 1 is 1.03 bits per heavy atom. The molecule has 0 bridgehead atoms. The zero-order valence-electron chi connectivity index (χ0n) is 16.5. The number of carbonyl (C=O) groups excluding carboxylic acids is 1. The van der Waals surface area contributed by atoms with Gasteiger partial charge in [-0.25, -0.2) is 13.2 Å². The molecule has 0 radical (unpaired) electrons. The van der Waals surface area contributed by atoms with Crippen molar-refractivity contribution in [2.24, 2.45) is 0 Å². The highest BCUT2D eigenvalue weighted by molar-refractivity contribution is 7.92. The lowest BCUT2D eigenvalue weighted by Gasteiger charge is -2.12. The molecule has 0 fully saturated rings. The SMILES string of the molecule is Cc1ccc(NS(=O)(=O)c2cc(C(=O)OCc3ccccc3C#N)ccc2C)cc1. The number of hydrogen-bond acceptors (Lipinski definition) is 5. The number of nitrogens with one attached hydrogen (secondary N) is 1. The van der Waals surface area contributed by atoms with Gasteiger partial charge in [-0.1, -0.05) is 42.0 Å². The van der Waals surface area contributed by atoms with Crippen molar-refractivity contribution in [3.63, 3.8) is 0 Å². The highest BCUT2D eigenvalue weighted by atomic mass is 32.2. The fraction of sp³-hybridized carbons (Fsp3) is 0.130. The van der Waals surface area contributed by atoms with Crippen molar-refractivity contribution in [2.75, 3.05) is 4.72 Å². The van der Waals surface area contributed by atoms with Crippen LogP contribution in [0.15, 0.2) is 71.6 Å². The number of aryl methyl sites for hydroxylation is 2. The third-order valence-electron chi connectivity index (χ3n) is 4.51. The van der Waals surface area contributed by atoms with Crippen molar-refractivity contribution in [1.29, 1.82) is 5.26 Å². The smallest absolute Gasteiger partial charge is 0.338 e. The summed E-state index contributed by atoms with van der Waals surface area (Å²) in [4.78, 5) is 12.5. The lowest BCUT2D eigenvalue weighted by atomic mass is 10.1. The molecule has 6 nitrogen and oxygen atoms in total. The highest BCUT2D eigenvalue weighted by Gasteiger charge is 2.20. The number of anilines is 1. The van der Waals surface area contributed by atoms with Gasteiger partial charge in [0.05, 0.1) is 22.1 Å². The Morgan fingerprint density at radius 3 is 2.43 bits per heavy atom. The molecule has 0 saturated heterocycles. The molecule has 0 aliphatic carbocycles. The standard InChI is InChI=1S/C23H20N2O4S/c1-16-7-11-21(12-8-16)25-30(27,28)22-13-18(10-9-17(22)2)23(26)29-15-20-6-4-3-5-19(20)14-24/h3-13,25H,15H2,1-2H3. The minimum Gasteiger partial charge on any atom is -0.457 e. The number of benzene rings is 3. The first-order valence-electron chi connectivity index (χ1n) is 9.15. The minimum atomic E-state index is -3.89. The molecule has 0 amide bonds. The summed E-state index contributed by atoms with van der Waals surface area (Å²) in [5.41, 5.74) is 3.05. The van der Waals surface area contributed by atoms with Crippen LogP contribution in [0.4, 0.5) is 5.69 Å². The maximum absolute atomic E-state index is 12.8. The van der Waals surface area contributed by atoms with Gasteiger partial charge >= 0.3 is 5.97 Å². The van der Waals surface area contributed by atoms with Crippen molar-refractivity contribution >= 4 is 21.7 Å². The van der Waals surface area contributed by atoms with Crippen molar-refractivity contribution < 1.29 is 17.9 Å². The average molecular weight is 420 g/mol. The van der Waals surface area contributed by atoms with Crippen molar-refractivity contribution in [3.05, 3.63) is 94.5 Å². The number of esters is 1. The van der Waals surface area contributed by atoms with Gasteiger partial charge in [0.25, 0.3) is 10.0 Å². The molecule has 3 aromatic carbocycles. The van der Waals surface area contributed by atoms with Crippen LogP contribution in [-0.4, -0.2) is 14.4 Å². The van der Waals surface area contributed by atoms with Crippen LogP contribution in [0.5, 0.6) is 0 Å². The molecular formula is C23H20N2O4S. The number of carbonyl (C=O) groups is 1. The second kappa shape index (κ2) is 8.80. The van der Waals surface area contributed by atoms with Gasteiger partial charge in [-0.2, -0.15) is 5.26 Å². The van der Waals surface area contributed by atoms with Gasteiger partial charge < -0.3 is 4.74 Å². The molecule has 0 unspecified atom stereocenters. The molecule has 3 aromatic rings. The van der Waals surface area contributed by atoms with Crippen molar-refractivity contribution in [3.8, 4) is 6.07 Å². The first-order chi connectivity index (χ1) is 14.3. The number of hydrogen-bond donors (Lipinski definition) is 1. The molecule has 0 saturated carbocycles. The van der Waals surface area contributed by atoms with E-state index in [1.807, 2.05) is 13.0 Å². The van der Waals surface area contributed by atoms with Crippen molar-refractivity contribution in [1.82, 2.24) is 0 Å². The van der Waals surface area contributed by atoms with Crippen LogP contribution >= 0.6 is 0 Å². The Labute approximate surface area is 175 Å². The molecule has 0 atom stereocenters. The second-order valence-corrected chi connectivity index (χ2v) is 8.45. The molecule has 0 aromatic heterocycles. The van der Waals surface area contributed by atoms with E-state index in [9.17, 15) is 13.2 Å². The molecular weight excluding hydrogens is 400 g/mol. The van der Waals surface area contributed by atoms with Crippen LogP contribution in [0, 0.1) is 25.2 Å². The molecule has 30 heavy (non-hydrogen) atoms. The van der Waals surface area contributed by atoms with E-state index in [0.29, 0.717) is 22.4 Å². The van der Waals surface area contributed by atoms with E-state index >= 15 is 0 Å². The Bertz CT molecular complexity index is 1230. The first kappa shape index (κ1) is 21.1. The van der Waals surface area contributed by atoms with Gasteiger partial charge in [0, 0.05) is 11.3 Å². The van der Waals surface area contributed by atoms with Crippen LogP contribution in [0.25, 0.3) is 0 Å². The topological polar surface area (TPSA) is 96.3 Å². The normalized spacial score (nSPS) is 10.8. The summed E-state index contributed by atoms with van der Waals surface area (Å²) in [7, 11) is -3.89. The molecule has 0 spiro atoms. The van der Waals surface area contributed by atoms with Crippen LogP contribution in [0.3, 0.4) is 0 Å². The lowest BCUT2D eigenvalue weighted by molar-refractivity contribution is 0.0472. The first-order valence-corrected chi connectivity index (χ1v) is 10.6. The fourth-order valence-corrected chi connectivity index (χ4v) is 4.16. The Hall–Kier alpha value is -3.63. The summed E-state index contributed by atoms with van der Waals surface area (Å²) >= 11 is 0. The Balaban J connectivity index is 1.81. The van der Waals surface area contributed by atoms with Gasteiger partial charge in [-0.05, 0) is 49.7 Å². The Kier molecular flexibility index (Phi) is 6.19. The number of rotatable bonds is 6. The third-order valence-corrected chi connectivity index (χ3v) is 6.04. The minimum absolute atomic E-state index is 0.00468. The zero-order chi connectivity index (χ0) is 21.7. The van der Waals surface area contributed by atoms with E-state index in [-0.39, 0.29) is 17.1 Å². The quantitative estimate of drug-likeness (QED) is 0.599. The van der Waals surface area contributed by atoms with Crippen molar-refractivity contribution in [2.45, 2.75) is 25.3 Å². The maximum Gasteiger partial charge on any atom is 0.338 e. The number of nitriles is 1. The zero-order valence-corrected chi connectivity index (χ0v) is 17.4. The summed E-state index contributed by atoms with van der Waals surface area (Å²) in [6, 6.07) is 20.2. The number of ether oxygens (including phenoxy) is 1. The van der Waals surface area contributed by atoms with Crippen LogP contribution in [0.2, 0.25) is 0 Å². The summed E-state index contributed by atoms with van der Waals surface area (Å²) < 4.78 is 33.5. The van der Waals surface area contributed by atoms with Crippen LogP contribution < -0.4 is 4.72 Å². The third kappa shape index (κ3) is 4.85. The van der Waals surface area contributed by atoms with Gasteiger partial charge in [0.1, 0.15) is 6.61 Å². The van der Waals surface area contributed by atoms with Gasteiger partial charge in [0.15, 0.2) is 0 Å². The lowest BCUT2D eigenvalue weighted by Crippen LogP contribution is -2.15. The number of sulfonamides is 1. The fourth-order valence-electron chi connectivity index (χ4n) is 2.83. The summed E-state index contributed by atoms with van der Waals surface area (Å²) in [6.07, 6.45) is 0. The van der Waals surface area contributed by atoms with E-state index in [4.69, 9.17) is 10.00 Å². The summed E-state index contributed by atoms with van der Waals surface area (Å²) in [6.45, 7) is 3.48. The molecule has 7 heteroatoms. The molecule has 1 N–H and O–H groups in total. The van der Waals surface area contributed by atoms with E-state index in [2.05, 4.69) is 4.72 Å². The number of nitrogens with zero attached hydrogens (tertiary/aromatic N) is 1. The predicted octanol–water partition coefficient (Wildman–Crippen LogP) is 4.33. The average Bonchev–Trinajstić information content (AvgIpc) is 2.74. The van der Waals surface area contributed by atoms with E-state index in [1.165, 1.54) is 12.1 Å². The molecule has 0 aliphatic rings. The van der Waals surface area contributed by atoms with Crippen LogP contribution in [0.1, 0.15) is 32.6 Å². The van der Waals surface area contributed by atoms with Gasteiger partial charge in [-0.15, -0.1) is 0 Å². The van der Waals surface area contributed by atoms with E-state index in [0.717, 1.165) is 5.56 Å². The van der Waals surface area contributed by atoms with E-state index in [1.54, 1.807) is 61.5 Å². The summed E-state index contributed by atoms with van der Waals surface area (Å²) in [5, 5.41) is 9.13. The molecule has 0 heterocycles.